The highest BCUT2D eigenvalue weighted by Gasteiger charge is 1.99. The van der Waals surface area contributed by atoms with Crippen molar-refractivity contribution in [1.82, 2.24) is 0 Å². The molecule has 0 spiro atoms. The van der Waals surface area contributed by atoms with E-state index in [0.717, 1.165) is 6.61 Å². The van der Waals surface area contributed by atoms with Gasteiger partial charge in [0.05, 0.1) is 25.9 Å². The van der Waals surface area contributed by atoms with Gasteiger partial charge in [0.15, 0.2) is 0 Å². The second kappa shape index (κ2) is 7.84. The van der Waals surface area contributed by atoms with E-state index in [2.05, 4.69) is 6.92 Å². The lowest BCUT2D eigenvalue weighted by Crippen LogP contribution is -2.13. The van der Waals surface area contributed by atoms with E-state index in [4.69, 9.17) is 21.1 Å². The van der Waals surface area contributed by atoms with Crippen molar-refractivity contribution in [1.29, 1.82) is 0 Å². The molecule has 0 saturated heterocycles. The van der Waals surface area contributed by atoms with Gasteiger partial charge in [-0.15, -0.1) is 11.6 Å². The number of alkyl halides is 1. The molecule has 0 radical (unpaired) electrons. The van der Waals surface area contributed by atoms with Crippen LogP contribution in [-0.2, 0) is 9.47 Å². The van der Waals surface area contributed by atoms with E-state index in [1.807, 2.05) is 13.8 Å². The van der Waals surface area contributed by atoms with Gasteiger partial charge >= 0.3 is 0 Å². The zero-order valence-corrected chi connectivity index (χ0v) is 8.93. The Hall–Kier alpha value is 0.210. The first-order valence-electron chi connectivity index (χ1n) is 4.42. The summed E-state index contributed by atoms with van der Waals surface area (Å²) in [7, 11) is 0. The van der Waals surface area contributed by atoms with E-state index in [9.17, 15) is 0 Å². The lowest BCUT2D eigenvalue weighted by Gasteiger charge is -2.10. The van der Waals surface area contributed by atoms with Crippen LogP contribution in [0.15, 0.2) is 0 Å². The lowest BCUT2D eigenvalue weighted by atomic mass is 10.2. The van der Waals surface area contributed by atoms with E-state index in [0.29, 0.717) is 31.1 Å². The van der Waals surface area contributed by atoms with Crippen LogP contribution in [0, 0.1) is 5.92 Å². The Morgan fingerprint density at radius 2 is 1.83 bits per heavy atom. The summed E-state index contributed by atoms with van der Waals surface area (Å²) in [5, 5.41) is 0. The van der Waals surface area contributed by atoms with Crippen LogP contribution in [0.2, 0.25) is 0 Å². The molecule has 74 valence electrons. The maximum absolute atomic E-state index is 5.60. The molecule has 0 rings (SSSR count). The van der Waals surface area contributed by atoms with E-state index in [1.54, 1.807) is 0 Å². The minimum atomic E-state index is 0.291. The van der Waals surface area contributed by atoms with Gasteiger partial charge in [-0.3, -0.25) is 0 Å². The van der Waals surface area contributed by atoms with Gasteiger partial charge in [-0.1, -0.05) is 6.92 Å². The molecular formula is C9H19ClO2. The van der Waals surface area contributed by atoms with E-state index >= 15 is 0 Å². The fraction of sp³-hybridized carbons (Fsp3) is 1.00. The van der Waals surface area contributed by atoms with E-state index < -0.39 is 0 Å². The summed E-state index contributed by atoms with van der Waals surface area (Å²) >= 11 is 5.60. The van der Waals surface area contributed by atoms with Crippen molar-refractivity contribution in [3.05, 3.63) is 0 Å². The number of halogens is 1. The molecule has 0 saturated carbocycles. The van der Waals surface area contributed by atoms with Crippen molar-refractivity contribution in [2.24, 2.45) is 5.92 Å². The standard InChI is InChI=1S/C9H19ClO2/c1-8(2)12-5-4-11-7-9(3)6-10/h8-9H,4-7H2,1-3H3. The Morgan fingerprint density at radius 3 is 2.33 bits per heavy atom. The third kappa shape index (κ3) is 8.31. The Morgan fingerprint density at radius 1 is 1.17 bits per heavy atom. The SMILES string of the molecule is CC(CCl)COCCOC(C)C. The maximum Gasteiger partial charge on any atom is 0.0703 e. The zero-order chi connectivity index (χ0) is 9.40. The van der Waals surface area contributed by atoms with Crippen LogP contribution in [0.4, 0.5) is 0 Å². The second-order valence-electron chi connectivity index (χ2n) is 3.25. The third-order valence-electron chi connectivity index (χ3n) is 1.34. The summed E-state index contributed by atoms with van der Waals surface area (Å²) in [6.07, 6.45) is 0.291. The minimum Gasteiger partial charge on any atom is -0.379 e. The predicted molar refractivity (Wildman–Crippen MR) is 51.8 cm³/mol. The molecule has 0 fully saturated rings. The molecule has 12 heavy (non-hydrogen) atoms. The maximum atomic E-state index is 5.60. The Kier molecular flexibility index (Phi) is 7.98. The molecule has 0 aliphatic carbocycles. The number of hydrogen-bond acceptors (Lipinski definition) is 2. The van der Waals surface area contributed by atoms with Crippen LogP contribution in [0.25, 0.3) is 0 Å². The van der Waals surface area contributed by atoms with E-state index in [-0.39, 0.29) is 0 Å². The van der Waals surface area contributed by atoms with Gasteiger partial charge in [-0.2, -0.15) is 0 Å². The fourth-order valence-electron chi connectivity index (χ4n) is 0.672. The quantitative estimate of drug-likeness (QED) is 0.458. The molecule has 0 heterocycles. The molecule has 0 amide bonds. The molecule has 0 bridgehead atoms. The normalized spacial score (nSPS) is 13.8. The Labute approximate surface area is 80.2 Å². The molecule has 0 aromatic carbocycles. The van der Waals surface area contributed by atoms with Gasteiger partial charge < -0.3 is 9.47 Å². The summed E-state index contributed by atoms with van der Waals surface area (Å²) in [6.45, 7) is 8.16. The first-order valence-corrected chi connectivity index (χ1v) is 4.95. The molecule has 1 atom stereocenters. The van der Waals surface area contributed by atoms with Crippen molar-refractivity contribution in [2.45, 2.75) is 26.9 Å². The van der Waals surface area contributed by atoms with Crippen molar-refractivity contribution < 1.29 is 9.47 Å². The van der Waals surface area contributed by atoms with Gasteiger partial charge in [-0.05, 0) is 19.8 Å². The average Bonchev–Trinajstić information content (AvgIpc) is 2.03. The van der Waals surface area contributed by atoms with Gasteiger partial charge in [0, 0.05) is 5.88 Å². The van der Waals surface area contributed by atoms with Gasteiger partial charge in [0.25, 0.3) is 0 Å². The molecule has 0 aromatic rings. The van der Waals surface area contributed by atoms with Crippen LogP contribution in [-0.4, -0.2) is 31.8 Å². The molecule has 0 N–H and O–H groups in total. The molecule has 0 aromatic heterocycles. The number of rotatable bonds is 7. The number of ether oxygens (including phenoxy) is 2. The fourth-order valence-corrected chi connectivity index (χ4v) is 0.761. The predicted octanol–water partition coefficient (Wildman–Crippen LogP) is 2.30. The van der Waals surface area contributed by atoms with Crippen LogP contribution in [0.5, 0.6) is 0 Å². The van der Waals surface area contributed by atoms with Gasteiger partial charge in [0.1, 0.15) is 0 Å². The molecule has 0 aliphatic rings. The van der Waals surface area contributed by atoms with Crippen molar-refractivity contribution in [3.63, 3.8) is 0 Å². The highest BCUT2D eigenvalue weighted by Crippen LogP contribution is 1.98. The summed E-state index contributed by atoms with van der Waals surface area (Å²) in [5.41, 5.74) is 0. The first-order chi connectivity index (χ1) is 5.66. The second-order valence-corrected chi connectivity index (χ2v) is 3.56. The lowest BCUT2D eigenvalue weighted by molar-refractivity contribution is 0.0131. The summed E-state index contributed by atoms with van der Waals surface area (Å²) in [4.78, 5) is 0. The summed E-state index contributed by atoms with van der Waals surface area (Å²) < 4.78 is 10.6. The van der Waals surface area contributed by atoms with Crippen LogP contribution < -0.4 is 0 Å². The van der Waals surface area contributed by atoms with E-state index in [1.165, 1.54) is 0 Å². The topological polar surface area (TPSA) is 18.5 Å². The van der Waals surface area contributed by atoms with Crippen molar-refractivity contribution in [3.8, 4) is 0 Å². The minimum absolute atomic E-state index is 0.291. The Bertz CT molecular complexity index is 96.5. The van der Waals surface area contributed by atoms with Gasteiger partial charge in [-0.25, -0.2) is 0 Å². The number of hydrogen-bond donors (Lipinski definition) is 0. The molecule has 1 unspecified atom stereocenters. The van der Waals surface area contributed by atoms with Crippen LogP contribution in [0.3, 0.4) is 0 Å². The summed E-state index contributed by atoms with van der Waals surface area (Å²) in [6, 6.07) is 0. The van der Waals surface area contributed by atoms with Crippen molar-refractivity contribution in [2.75, 3.05) is 25.7 Å². The molecule has 3 heteroatoms. The van der Waals surface area contributed by atoms with Crippen LogP contribution in [0.1, 0.15) is 20.8 Å². The first kappa shape index (κ1) is 12.2. The molecule has 0 aliphatic heterocycles. The third-order valence-corrected chi connectivity index (χ3v) is 1.87. The zero-order valence-electron chi connectivity index (χ0n) is 8.18. The molecule has 2 nitrogen and oxygen atoms in total. The highest BCUT2D eigenvalue weighted by atomic mass is 35.5. The molecular weight excluding hydrogens is 176 g/mol. The van der Waals surface area contributed by atoms with Crippen LogP contribution >= 0.6 is 11.6 Å². The Balaban J connectivity index is 3.00. The average molecular weight is 195 g/mol. The summed E-state index contributed by atoms with van der Waals surface area (Å²) in [5.74, 6) is 1.09. The largest absolute Gasteiger partial charge is 0.379 e. The van der Waals surface area contributed by atoms with Crippen molar-refractivity contribution >= 4 is 11.6 Å². The smallest absolute Gasteiger partial charge is 0.0703 e. The highest BCUT2D eigenvalue weighted by molar-refractivity contribution is 6.18. The monoisotopic (exact) mass is 194 g/mol. The van der Waals surface area contributed by atoms with Gasteiger partial charge in [0.2, 0.25) is 0 Å².